The molecule has 0 spiro atoms. The molecule has 108 valence electrons. The van der Waals surface area contributed by atoms with Crippen LogP contribution in [-0.4, -0.2) is 99.1 Å². The molecule has 6 N–H and O–H groups in total. The highest BCUT2D eigenvalue weighted by Gasteiger charge is 2.45. The second kappa shape index (κ2) is 7.31. The molecule has 1 heterocycles. The SMILES string of the molecule is OCCN(CCO)C1O[C@H](CO)[C@@H](O)[C@H](O)[C@H]1O. The Bertz CT molecular complexity index is 234. The molecule has 5 atom stereocenters. The fourth-order valence-electron chi connectivity index (χ4n) is 2.01. The van der Waals surface area contributed by atoms with E-state index in [-0.39, 0.29) is 26.3 Å². The van der Waals surface area contributed by atoms with E-state index in [1.807, 2.05) is 0 Å². The van der Waals surface area contributed by atoms with Crippen molar-refractivity contribution in [3.63, 3.8) is 0 Å². The molecular formula is C10H21NO7. The number of hydrogen-bond donors (Lipinski definition) is 6. The topological polar surface area (TPSA) is 134 Å². The van der Waals surface area contributed by atoms with Crippen molar-refractivity contribution in [3.05, 3.63) is 0 Å². The third-order valence-electron chi connectivity index (χ3n) is 3.00. The van der Waals surface area contributed by atoms with E-state index >= 15 is 0 Å². The molecule has 0 saturated carbocycles. The van der Waals surface area contributed by atoms with Crippen molar-refractivity contribution in [2.75, 3.05) is 32.9 Å². The van der Waals surface area contributed by atoms with Crippen LogP contribution in [0.15, 0.2) is 0 Å². The Morgan fingerprint density at radius 3 is 1.83 bits per heavy atom. The highest BCUT2D eigenvalue weighted by atomic mass is 16.6. The molecule has 0 radical (unpaired) electrons. The fraction of sp³-hybridized carbons (Fsp3) is 1.00. The van der Waals surface area contributed by atoms with Gasteiger partial charge < -0.3 is 35.4 Å². The van der Waals surface area contributed by atoms with Gasteiger partial charge in [0.25, 0.3) is 0 Å². The first-order valence-corrected chi connectivity index (χ1v) is 5.83. The van der Waals surface area contributed by atoms with Gasteiger partial charge >= 0.3 is 0 Å². The minimum Gasteiger partial charge on any atom is -0.395 e. The Morgan fingerprint density at radius 2 is 1.39 bits per heavy atom. The van der Waals surface area contributed by atoms with Crippen molar-refractivity contribution >= 4 is 0 Å². The number of nitrogens with zero attached hydrogens (tertiary/aromatic N) is 1. The Kier molecular flexibility index (Phi) is 6.39. The van der Waals surface area contributed by atoms with Gasteiger partial charge in [0.15, 0.2) is 0 Å². The molecule has 1 saturated heterocycles. The molecule has 0 amide bonds. The normalized spacial score (nSPS) is 37.2. The molecule has 18 heavy (non-hydrogen) atoms. The second-order valence-electron chi connectivity index (χ2n) is 4.20. The van der Waals surface area contributed by atoms with Gasteiger partial charge in [0, 0.05) is 13.1 Å². The minimum atomic E-state index is -1.46. The summed E-state index contributed by atoms with van der Waals surface area (Å²) in [7, 11) is 0. The first-order chi connectivity index (χ1) is 8.56. The molecule has 8 nitrogen and oxygen atoms in total. The van der Waals surface area contributed by atoms with Crippen LogP contribution < -0.4 is 0 Å². The highest BCUT2D eigenvalue weighted by Crippen LogP contribution is 2.23. The van der Waals surface area contributed by atoms with Crippen molar-refractivity contribution in [1.82, 2.24) is 4.90 Å². The fourth-order valence-corrected chi connectivity index (χ4v) is 2.01. The molecule has 0 aliphatic carbocycles. The van der Waals surface area contributed by atoms with Crippen LogP contribution in [0, 0.1) is 0 Å². The van der Waals surface area contributed by atoms with Crippen LogP contribution in [0.4, 0.5) is 0 Å². The molecule has 1 aliphatic heterocycles. The van der Waals surface area contributed by atoms with E-state index in [2.05, 4.69) is 0 Å². The lowest BCUT2D eigenvalue weighted by molar-refractivity contribution is -0.266. The van der Waals surface area contributed by atoms with Crippen molar-refractivity contribution < 1.29 is 35.4 Å². The molecular weight excluding hydrogens is 246 g/mol. The molecule has 0 bridgehead atoms. The van der Waals surface area contributed by atoms with Crippen LogP contribution in [0.2, 0.25) is 0 Å². The maximum Gasteiger partial charge on any atom is 0.140 e. The monoisotopic (exact) mass is 267 g/mol. The Morgan fingerprint density at radius 1 is 0.833 bits per heavy atom. The number of hydrogen-bond acceptors (Lipinski definition) is 8. The van der Waals surface area contributed by atoms with Crippen LogP contribution in [0.1, 0.15) is 0 Å². The van der Waals surface area contributed by atoms with Crippen LogP contribution >= 0.6 is 0 Å². The molecule has 1 rings (SSSR count). The summed E-state index contributed by atoms with van der Waals surface area (Å²) >= 11 is 0. The smallest absolute Gasteiger partial charge is 0.140 e. The average molecular weight is 267 g/mol. The van der Waals surface area contributed by atoms with Crippen LogP contribution in [0.3, 0.4) is 0 Å². The zero-order valence-electron chi connectivity index (χ0n) is 9.96. The zero-order valence-corrected chi connectivity index (χ0v) is 9.96. The van der Waals surface area contributed by atoms with E-state index in [1.54, 1.807) is 0 Å². The maximum absolute atomic E-state index is 9.82. The van der Waals surface area contributed by atoms with Gasteiger partial charge in [0.1, 0.15) is 30.6 Å². The van der Waals surface area contributed by atoms with E-state index < -0.39 is 37.3 Å². The van der Waals surface area contributed by atoms with Gasteiger partial charge in [-0.2, -0.15) is 0 Å². The predicted molar refractivity (Wildman–Crippen MR) is 59.5 cm³/mol. The third-order valence-corrected chi connectivity index (χ3v) is 3.00. The van der Waals surface area contributed by atoms with Gasteiger partial charge in [-0.25, -0.2) is 0 Å². The predicted octanol–water partition coefficient (Wildman–Crippen LogP) is -3.93. The highest BCUT2D eigenvalue weighted by molar-refractivity contribution is 4.91. The molecule has 0 aromatic rings. The van der Waals surface area contributed by atoms with Crippen LogP contribution in [-0.2, 0) is 4.74 Å². The van der Waals surface area contributed by atoms with Crippen molar-refractivity contribution in [1.29, 1.82) is 0 Å². The number of ether oxygens (including phenoxy) is 1. The molecule has 0 aromatic heterocycles. The van der Waals surface area contributed by atoms with E-state index in [4.69, 9.17) is 20.1 Å². The molecule has 0 aromatic carbocycles. The summed E-state index contributed by atoms with van der Waals surface area (Å²) < 4.78 is 5.29. The van der Waals surface area contributed by atoms with Gasteiger partial charge in [0.05, 0.1) is 19.8 Å². The summed E-state index contributed by atoms with van der Waals surface area (Å²) in [6, 6.07) is 0. The number of aliphatic hydroxyl groups is 6. The lowest BCUT2D eigenvalue weighted by atomic mass is 9.98. The van der Waals surface area contributed by atoms with Crippen molar-refractivity contribution in [3.8, 4) is 0 Å². The van der Waals surface area contributed by atoms with Crippen LogP contribution in [0.25, 0.3) is 0 Å². The van der Waals surface area contributed by atoms with Gasteiger partial charge in [-0.15, -0.1) is 0 Å². The third kappa shape index (κ3) is 3.37. The van der Waals surface area contributed by atoms with Crippen LogP contribution in [0.5, 0.6) is 0 Å². The molecule has 1 unspecified atom stereocenters. The van der Waals surface area contributed by atoms with E-state index in [0.29, 0.717) is 0 Å². The summed E-state index contributed by atoms with van der Waals surface area (Å²) in [6.45, 7) is -0.677. The first-order valence-electron chi connectivity index (χ1n) is 5.83. The maximum atomic E-state index is 9.82. The lowest BCUT2D eigenvalue weighted by Gasteiger charge is -2.44. The van der Waals surface area contributed by atoms with Gasteiger partial charge in [-0.3, -0.25) is 4.90 Å². The second-order valence-corrected chi connectivity index (χ2v) is 4.20. The van der Waals surface area contributed by atoms with Gasteiger partial charge in [0.2, 0.25) is 0 Å². The number of rotatable bonds is 6. The standard InChI is InChI=1S/C10H21NO7/c12-3-1-11(2-4-13)10-9(17)8(16)7(15)6(5-14)18-10/h6-10,12-17H,1-5H2/t6-,7-,8+,9-,10?/m1/s1. The minimum absolute atomic E-state index is 0.128. The van der Waals surface area contributed by atoms with E-state index in [1.165, 1.54) is 4.90 Å². The average Bonchev–Trinajstić information content (AvgIpc) is 2.36. The molecule has 1 aliphatic rings. The van der Waals surface area contributed by atoms with E-state index in [0.717, 1.165) is 0 Å². The summed E-state index contributed by atoms with van der Waals surface area (Å²) in [5.74, 6) is 0. The summed E-state index contributed by atoms with van der Waals surface area (Å²) in [6.07, 6.45) is -6.25. The van der Waals surface area contributed by atoms with Gasteiger partial charge in [-0.05, 0) is 0 Å². The summed E-state index contributed by atoms with van der Waals surface area (Å²) in [5, 5.41) is 55.9. The summed E-state index contributed by atoms with van der Waals surface area (Å²) in [4.78, 5) is 1.43. The van der Waals surface area contributed by atoms with Crippen molar-refractivity contribution in [2.45, 2.75) is 30.6 Å². The largest absolute Gasteiger partial charge is 0.395 e. The Labute approximate surface area is 105 Å². The first kappa shape index (κ1) is 15.7. The summed E-state index contributed by atoms with van der Waals surface area (Å²) in [5.41, 5.74) is 0. The Hall–Kier alpha value is -0.320. The lowest BCUT2D eigenvalue weighted by Crippen LogP contribution is -2.63. The van der Waals surface area contributed by atoms with E-state index in [9.17, 15) is 15.3 Å². The van der Waals surface area contributed by atoms with Gasteiger partial charge in [-0.1, -0.05) is 0 Å². The molecule has 1 fully saturated rings. The quantitative estimate of drug-likeness (QED) is 0.287. The zero-order chi connectivity index (χ0) is 13.7. The molecule has 8 heteroatoms. The number of aliphatic hydroxyl groups excluding tert-OH is 6. The Balaban J connectivity index is 2.77. The van der Waals surface area contributed by atoms with Crippen molar-refractivity contribution in [2.24, 2.45) is 0 Å².